The maximum atomic E-state index is 10.5. The van der Waals surface area contributed by atoms with Crippen molar-refractivity contribution in [3.8, 4) is 0 Å². The van der Waals surface area contributed by atoms with E-state index in [1.165, 1.54) is 0 Å². The van der Waals surface area contributed by atoms with Crippen LogP contribution in [0.2, 0.25) is 0 Å². The lowest BCUT2D eigenvalue weighted by molar-refractivity contribution is -0.137. The first-order valence-corrected chi connectivity index (χ1v) is 5.37. The van der Waals surface area contributed by atoms with E-state index >= 15 is 0 Å². The first-order valence-electron chi connectivity index (χ1n) is 5.37. The van der Waals surface area contributed by atoms with E-state index in [4.69, 9.17) is 9.52 Å². The Labute approximate surface area is 91.6 Å². The highest BCUT2D eigenvalue weighted by atomic mass is 16.4. The summed E-state index contributed by atoms with van der Waals surface area (Å²) in [6, 6.07) is 0. The van der Waals surface area contributed by atoms with Crippen LogP contribution in [0.5, 0.6) is 0 Å². The summed E-state index contributed by atoms with van der Waals surface area (Å²) < 4.78 is 5.36. The third kappa shape index (κ3) is 1.30. The van der Waals surface area contributed by atoms with Crippen LogP contribution in [0.4, 0.5) is 5.88 Å². The zero-order chi connectivity index (χ0) is 11.1. The van der Waals surface area contributed by atoms with E-state index in [1.54, 1.807) is 0 Å². The SMILES string of the molecule is O=C(O)CCCC1C=CC=c2c1c1oc2=N1. The van der Waals surface area contributed by atoms with Crippen LogP contribution in [0, 0.1) is 0 Å². The van der Waals surface area contributed by atoms with Gasteiger partial charge in [-0.25, -0.2) is 0 Å². The molecule has 3 heterocycles. The molecule has 16 heavy (non-hydrogen) atoms. The lowest BCUT2D eigenvalue weighted by atomic mass is 9.91. The third-order valence-electron chi connectivity index (χ3n) is 3.03. The minimum Gasteiger partial charge on any atom is -0.481 e. The molecule has 82 valence electrons. The molecule has 0 spiro atoms. The second-order valence-corrected chi connectivity index (χ2v) is 4.10. The highest BCUT2D eigenvalue weighted by molar-refractivity contribution is 5.66. The molecule has 0 amide bonds. The van der Waals surface area contributed by atoms with Crippen LogP contribution in [-0.4, -0.2) is 11.1 Å². The summed E-state index contributed by atoms with van der Waals surface area (Å²) in [5.74, 6) is 0.253. The quantitative estimate of drug-likeness (QED) is 0.837. The van der Waals surface area contributed by atoms with E-state index in [9.17, 15) is 4.79 Å². The number of carboxylic acids is 1. The van der Waals surface area contributed by atoms with E-state index in [2.05, 4.69) is 11.1 Å². The molecule has 1 aromatic heterocycles. The zero-order valence-electron chi connectivity index (χ0n) is 8.64. The van der Waals surface area contributed by atoms with Crippen molar-refractivity contribution in [3.05, 3.63) is 28.5 Å². The van der Waals surface area contributed by atoms with Gasteiger partial charge in [0.1, 0.15) is 0 Å². The molecule has 0 saturated carbocycles. The predicted octanol–water partition coefficient (Wildman–Crippen LogP) is 1.23. The Balaban J connectivity index is 1.77. The van der Waals surface area contributed by atoms with Gasteiger partial charge in [0.05, 0.1) is 0 Å². The standard InChI is InChI=1S/C12H11NO3/c14-9(15)6-2-4-7-3-1-5-8-10(7)12-13-11(8)16-12/h1,3,5,7H,2,4,6H2,(H,14,15). The Hall–Kier alpha value is -1.84. The average Bonchev–Trinajstić information content (AvgIpc) is 2.70. The number of furan rings is 1. The Kier molecular flexibility index (Phi) is 1.96. The lowest BCUT2D eigenvalue weighted by Gasteiger charge is -2.12. The monoisotopic (exact) mass is 217 g/mol. The maximum absolute atomic E-state index is 10.5. The van der Waals surface area contributed by atoms with Crippen LogP contribution >= 0.6 is 0 Å². The topological polar surface area (TPSA) is 62.8 Å². The highest BCUT2D eigenvalue weighted by Gasteiger charge is 2.26. The molecule has 0 aromatic carbocycles. The fourth-order valence-electron chi connectivity index (χ4n) is 2.27. The van der Waals surface area contributed by atoms with Gasteiger partial charge in [0.2, 0.25) is 11.4 Å². The van der Waals surface area contributed by atoms with E-state index in [0.29, 0.717) is 6.42 Å². The summed E-state index contributed by atoms with van der Waals surface area (Å²) in [6.45, 7) is 0. The molecule has 1 unspecified atom stereocenters. The Morgan fingerprint density at radius 1 is 1.56 bits per heavy atom. The summed E-state index contributed by atoms with van der Waals surface area (Å²) in [6.07, 6.45) is 7.84. The molecular formula is C12H11NO3. The first kappa shape index (κ1) is 9.39. The zero-order valence-corrected chi connectivity index (χ0v) is 8.64. The second-order valence-electron chi connectivity index (χ2n) is 4.10. The van der Waals surface area contributed by atoms with Gasteiger partial charge < -0.3 is 9.52 Å². The predicted molar refractivity (Wildman–Crippen MR) is 57.0 cm³/mol. The van der Waals surface area contributed by atoms with Gasteiger partial charge in [-0.05, 0) is 18.9 Å². The smallest absolute Gasteiger partial charge is 0.303 e. The van der Waals surface area contributed by atoms with Gasteiger partial charge in [-0.15, -0.1) is 0 Å². The average molecular weight is 217 g/mol. The minimum atomic E-state index is -0.737. The van der Waals surface area contributed by atoms with Crippen molar-refractivity contribution in [1.29, 1.82) is 0 Å². The molecule has 2 aliphatic heterocycles. The van der Waals surface area contributed by atoms with E-state index in [0.717, 1.165) is 28.6 Å². The van der Waals surface area contributed by atoms with Crippen molar-refractivity contribution >= 4 is 17.9 Å². The summed E-state index contributed by atoms with van der Waals surface area (Å²) in [4.78, 5) is 14.7. The Morgan fingerprint density at radius 2 is 2.38 bits per heavy atom. The number of aliphatic carboxylic acids is 1. The lowest BCUT2D eigenvalue weighted by Crippen LogP contribution is -2.23. The molecule has 2 bridgehead atoms. The second kappa shape index (κ2) is 3.33. The van der Waals surface area contributed by atoms with Gasteiger partial charge in [0.15, 0.2) is 0 Å². The van der Waals surface area contributed by atoms with E-state index in [1.807, 2.05) is 12.2 Å². The number of hydrogen-bond donors (Lipinski definition) is 1. The molecule has 4 nitrogen and oxygen atoms in total. The van der Waals surface area contributed by atoms with Gasteiger partial charge in [0, 0.05) is 23.1 Å². The van der Waals surface area contributed by atoms with Crippen molar-refractivity contribution < 1.29 is 14.3 Å². The van der Waals surface area contributed by atoms with Crippen LogP contribution < -0.4 is 10.8 Å². The molecule has 4 rings (SSSR count). The first-order chi connectivity index (χ1) is 7.75. The van der Waals surface area contributed by atoms with Gasteiger partial charge in [0.25, 0.3) is 0 Å². The van der Waals surface area contributed by atoms with E-state index < -0.39 is 5.97 Å². The molecule has 1 N–H and O–H groups in total. The molecule has 0 fully saturated rings. The summed E-state index contributed by atoms with van der Waals surface area (Å²) in [5.41, 5.74) is 1.86. The molecule has 0 radical (unpaired) electrons. The van der Waals surface area contributed by atoms with Crippen LogP contribution in [0.25, 0.3) is 6.08 Å². The molecule has 1 atom stereocenters. The Morgan fingerprint density at radius 3 is 3.12 bits per heavy atom. The van der Waals surface area contributed by atoms with Gasteiger partial charge in [-0.3, -0.25) is 4.79 Å². The molecule has 0 saturated heterocycles. The summed E-state index contributed by atoms with van der Waals surface area (Å²) in [5, 5.41) is 9.68. The van der Waals surface area contributed by atoms with Gasteiger partial charge in [-0.2, -0.15) is 4.99 Å². The summed E-state index contributed by atoms with van der Waals surface area (Å²) >= 11 is 0. The van der Waals surface area contributed by atoms with Crippen LogP contribution in [-0.2, 0) is 4.79 Å². The van der Waals surface area contributed by atoms with Crippen molar-refractivity contribution in [2.75, 3.05) is 0 Å². The number of rotatable bonds is 4. The van der Waals surface area contributed by atoms with Crippen LogP contribution in [0.3, 0.4) is 0 Å². The van der Waals surface area contributed by atoms with Crippen molar-refractivity contribution in [2.24, 2.45) is 4.99 Å². The van der Waals surface area contributed by atoms with Crippen LogP contribution in [0.1, 0.15) is 30.7 Å². The highest BCUT2D eigenvalue weighted by Crippen LogP contribution is 2.32. The fraction of sp³-hybridized carbons (Fsp3) is 0.333. The number of allylic oxidation sites excluding steroid dienone is 2. The Bertz CT molecular complexity index is 595. The normalized spacial score (nSPS) is 19.4. The number of carbonyl (C=O) groups is 1. The van der Waals surface area contributed by atoms with Gasteiger partial charge >= 0.3 is 5.97 Å². The number of carboxylic acid groups (broad SMARTS) is 1. The van der Waals surface area contributed by atoms with Crippen molar-refractivity contribution in [2.45, 2.75) is 25.2 Å². The number of nitrogens with zero attached hydrogens (tertiary/aromatic N) is 1. The summed E-state index contributed by atoms with van der Waals surface area (Å²) in [7, 11) is 0. The molecule has 1 aliphatic carbocycles. The van der Waals surface area contributed by atoms with Gasteiger partial charge in [-0.1, -0.05) is 12.2 Å². The van der Waals surface area contributed by atoms with Crippen molar-refractivity contribution in [1.82, 2.24) is 0 Å². The third-order valence-corrected chi connectivity index (χ3v) is 3.03. The largest absolute Gasteiger partial charge is 0.481 e. The molecule has 3 aliphatic rings. The number of hydrogen-bond acceptors (Lipinski definition) is 3. The fourth-order valence-corrected chi connectivity index (χ4v) is 2.27. The minimum absolute atomic E-state index is 0.223. The molecule has 1 aromatic rings. The molecular weight excluding hydrogens is 206 g/mol. The van der Waals surface area contributed by atoms with Crippen molar-refractivity contribution in [3.63, 3.8) is 0 Å². The van der Waals surface area contributed by atoms with Crippen LogP contribution in [0.15, 0.2) is 21.6 Å². The van der Waals surface area contributed by atoms with E-state index in [-0.39, 0.29) is 12.3 Å². The maximum Gasteiger partial charge on any atom is 0.303 e. The molecule has 4 heteroatoms.